The number of thioether (sulfide) groups is 1. The van der Waals surface area contributed by atoms with Gasteiger partial charge in [-0.3, -0.25) is 4.79 Å². The lowest BCUT2D eigenvalue weighted by molar-refractivity contribution is -0.121. The highest BCUT2D eigenvalue weighted by atomic mass is 32.2. The van der Waals surface area contributed by atoms with Crippen LogP contribution in [0, 0.1) is 0 Å². The summed E-state index contributed by atoms with van der Waals surface area (Å²) in [4.78, 5) is 23.5. The van der Waals surface area contributed by atoms with E-state index in [1.54, 1.807) is 0 Å². The highest BCUT2D eigenvalue weighted by Gasteiger charge is 2.20. The standard InChI is InChI=1S/C20H40N2O3S/c1-5-6-7-8-9-10-11-12-13-14-15-22-18(23)17(21)16-26-19(24)25-20(2,3)4/h17H,5-16,21H2,1-4H3,(H,22,23)/t17-/m0/s1. The zero-order valence-electron chi connectivity index (χ0n) is 17.3. The average Bonchev–Trinajstić information content (AvgIpc) is 2.55. The Kier molecular flexibility index (Phi) is 14.9. The summed E-state index contributed by atoms with van der Waals surface area (Å²) in [6.45, 7) is 8.32. The SMILES string of the molecule is CCCCCCCCCCCCNC(=O)[C@@H](N)CSC(=O)OC(C)(C)C. The molecule has 0 aromatic heterocycles. The molecule has 0 aliphatic carbocycles. The first-order valence-corrected chi connectivity index (χ1v) is 11.1. The van der Waals surface area contributed by atoms with Gasteiger partial charge in [0.2, 0.25) is 5.91 Å². The number of amides is 1. The van der Waals surface area contributed by atoms with Crippen LogP contribution in [-0.4, -0.2) is 35.1 Å². The molecule has 0 radical (unpaired) electrons. The van der Waals surface area contributed by atoms with E-state index in [4.69, 9.17) is 10.5 Å². The molecule has 154 valence electrons. The van der Waals surface area contributed by atoms with Crippen molar-refractivity contribution in [3.8, 4) is 0 Å². The molecule has 6 heteroatoms. The lowest BCUT2D eigenvalue weighted by Crippen LogP contribution is -2.42. The summed E-state index contributed by atoms with van der Waals surface area (Å²) < 4.78 is 5.18. The summed E-state index contributed by atoms with van der Waals surface area (Å²) in [6.07, 6.45) is 12.7. The van der Waals surface area contributed by atoms with Gasteiger partial charge < -0.3 is 15.8 Å². The molecular weight excluding hydrogens is 348 g/mol. The van der Waals surface area contributed by atoms with E-state index < -0.39 is 16.9 Å². The third-order valence-electron chi connectivity index (χ3n) is 3.94. The van der Waals surface area contributed by atoms with Crippen LogP contribution in [0.3, 0.4) is 0 Å². The first-order chi connectivity index (χ1) is 12.3. The maximum absolute atomic E-state index is 11.9. The number of ether oxygens (including phenoxy) is 1. The third-order valence-corrected chi connectivity index (χ3v) is 4.78. The predicted molar refractivity (Wildman–Crippen MR) is 112 cm³/mol. The molecule has 26 heavy (non-hydrogen) atoms. The van der Waals surface area contributed by atoms with Crippen LogP contribution in [0.1, 0.15) is 91.9 Å². The maximum Gasteiger partial charge on any atom is 0.367 e. The van der Waals surface area contributed by atoms with E-state index in [0.29, 0.717) is 6.54 Å². The number of nitrogens with one attached hydrogen (secondary N) is 1. The molecule has 0 unspecified atom stereocenters. The summed E-state index contributed by atoms with van der Waals surface area (Å²) in [5.74, 6) is 0.0377. The van der Waals surface area contributed by atoms with Crippen molar-refractivity contribution in [2.24, 2.45) is 5.73 Å². The molecule has 0 aromatic rings. The topological polar surface area (TPSA) is 81.4 Å². The fraction of sp³-hybridized carbons (Fsp3) is 0.900. The smallest absolute Gasteiger partial charge is 0.367 e. The molecule has 5 nitrogen and oxygen atoms in total. The van der Waals surface area contributed by atoms with Crippen LogP contribution in [-0.2, 0) is 9.53 Å². The lowest BCUT2D eigenvalue weighted by atomic mass is 10.1. The van der Waals surface area contributed by atoms with Gasteiger partial charge in [-0.1, -0.05) is 64.7 Å². The van der Waals surface area contributed by atoms with E-state index >= 15 is 0 Å². The summed E-state index contributed by atoms with van der Waals surface area (Å²) in [5, 5.41) is 2.46. The molecule has 0 saturated carbocycles. The van der Waals surface area contributed by atoms with Crippen LogP contribution in [0.2, 0.25) is 0 Å². The van der Waals surface area contributed by atoms with Crippen molar-refractivity contribution >= 4 is 23.0 Å². The number of carbonyl (C=O) groups excluding carboxylic acids is 2. The zero-order valence-corrected chi connectivity index (χ0v) is 18.1. The minimum atomic E-state index is -0.685. The Morgan fingerprint density at radius 3 is 1.96 bits per heavy atom. The molecule has 1 amide bonds. The fourth-order valence-corrected chi connectivity index (χ4v) is 3.24. The number of hydrogen-bond donors (Lipinski definition) is 2. The molecule has 0 fully saturated rings. The number of nitrogens with two attached hydrogens (primary N) is 1. The molecule has 0 spiro atoms. The first-order valence-electron chi connectivity index (χ1n) is 10.2. The average molecular weight is 389 g/mol. The Morgan fingerprint density at radius 1 is 0.962 bits per heavy atom. The zero-order chi connectivity index (χ0) is 19.8. The van der Waals surface area contributed by atoms with E-state index in [0.717, 1.165) is 24.6 Å². The number of unbranched alkanes of at least 4 members (excludes halogenated alkanes) is 9. The minimum absolute atomic E-state index is 0.197. The summed E-state index contributed by atoms with van der Waals surface area (Å²) >= 11 is 0.952. The van der Waals surface area contributed by atoms with Gasteiger partial charge in [-0.05, 0) is 39.0 Å². The fourth-order valence-electron chi connectivity index (χ4n) is 2.47. The van der Waals surface area contributed by atoms with Gasteiger partial charge >= 0.3 is 5.30 Å². The van der Waals surface area contributed by atoms with E-state index in [2.05, 4.69) is 12.2 Å². The van der Waals surface area contributed by atoms with Crippen molar-refractivity contribution in [1.29, 1.82) is 0 Å². The van der Waals surface area contributed by atoms with Crippen LogP contribution in [0.5, 0.6) is 0 Å². The Morgan fingerprint density at radius 2 is 1.46 bits per heavy atom. The molecule has 0 bridgehead atoms. The minimum Gasteiger partial charge on any atom is -0.452 e. The Bertz CT molecular complexity index is 384. The van der Waals surface area contributed by atoms with Crippen molar-refractivity contribution in [3.05, 3.63) is 0 Å². The van der Waals surface area contributed by atoms with Crippen LogP contribution < -0.4 is 11.1 Å². The first kappa shape index (κ1) is 25.2. The van der Waals surface area contributed by atoms with E-state index in [1.807, 2.05) is 20.8 Å². The van der Waals surface area contributed by atoms with Gasteiger partial charge in [0.05, 0.1) is 6.04 Å². The van der Waals surface area contributed by atoms with Crippen molar-refractivity contribution in [3.63, 3.8) is 0 Å². The Labute approximate surface area is 164 Å². The summed E-state index contributed by atoms with van der Waals surface area (Å²) in [5.41, 5.74) is 5.30. The second kappa shape index (κ2) is 15.3. The van der Waals surface area contributed by atoms with Gasteiger partial charge in [0.1, 0.15) is 5.60 Å². The van der Waals surface area contributed by atoms with Crippen molar-refractivity contribution < 1.29 is 14.3 Å². The van der Waals surface area contributed by atoms with Gasteiger partial charge in [0, 0.05) is 12.3 Å². The highest BCUT2D eigenvalue weighted by Crippen LogP contribution is 2.15. The van der Waals surface area contributed by atoms with Crippen LogP contribution in [0.4, 0.5) is 4.79 Å². The van der Waals surface area contributed by atoms with Crippen molar-refractivity contribution in [1.82, 2.24) is 5.32 Å². The molecule has 0 rings (SSSR count). The van der Waals surface area contributed by atoms with Gasteiger partial charge in [-0.15, -0.1) is 0 Å². The number of rotatable bonds is 14. The van der Waals surface area contributed by atoms with Crippen molar-refractivity contribution in [2.75, 3.05) is 12.3 Å². The third kappa shape index (κ3) is 16.7. The molecule has 1 atom stereocenters. The molecule has 0 aromatic carbocycles. The second-order valence-corrected chi connectivity index (χ2v) is 8.81. The highest BCUT2D eigenvalue weighted by molar-refractivity contribution is 8.13. The maximum atomic E-state index is 11.9. The summed E-state index contributed by atoms with van der Waals surface area (Å²) in [6, 6.07) is -0.685. The second-order valence-electron chi connectivity index (χ2n) is 7.85. The van der Waals surface area contributed by atoms with Crippen LogP contribution >= 0.6 is 11.8 Å². The number of hydrogen-bond acceptors (Lipinski definition) is 5. The van der Waals surface area contributed by atoms with Gasteiger partial charge in [0.15, 0.2) is 0 Å². The lowest BCUT2D eigenvalue weighted by Gasteiger charge is -2.19. The van der Waals surface area contributed by atoms with Gasteiger partial charge in [-0.25, -0.2) is 4.79 Å². The normalized spacial score (nSPS) is 12.7. The molecular formula is C20H40N2O3S. The Hall–Kier alpha value is -0.750. The number of carbonyl (C=O) groups is 2. The molecule has 0 aliphatic heterocycles. The largest absolute Gasteiger partial charge is 0.452 e. The predicted octanol–water partition coefficient (Wildman–Crippen LogP) is 5.02. The van der Waals surface area contributed by atoms with Gasteiger partial charge in [0.25, 0.3) is 0 Å². The van der Waals surface area contributed by atoms with Crippen LogP contribution in [0.25, 0.3) is 0 Å². The van der Waals surface area contributed by atoms with Crippen LogP contribution in [0.15, 0.2) is 0 Å². The van der Waals surface area contributed by atoms with Gasteiger partial charge in [-0.2, -0.15) is 0 Å². The quantitative estimate of drug-likeness (QED) is 0.322. The van der Waals surface area contributed by atoms with Crippen molar-refractivity contribution in [2.45, 2.75) is 104 Å². The monoisotopic (exact) mass is 388 g/mol. The molecule has 3 N–H and O–H groups in total. The van der Waals surface area contributed by atoms with E-state index in [9.17, 15) is 9.59 Å². The van der Waals surface area contributed by atoms with E-state index in [-0.39, 0.29) is 11.7 Å². The Balaban J connectivity index is 3.54. The molecule has 0 saturated heterocycles. The molecule has 0 heterocycles. The molecule has 0 aliphatic rings. The summed E-state index contributed by atoms with van der Waals surface area (Å²) in [7, 11) is 0. The van der Waals surface area contributed by atoms with E-state index in [1.165, 1.54) is 51.4 Å².